The van der Waals surface area contributed by atoms with Crippen LogP contribution in [0.3, 0.4) is 0 Å². The summed E-state index contributed by atoms with van der Waals surface area (Å²) in [5.74, 6) is 0.0266. The number of hydrogen-bond donors (Lipinski definition) is 2. The standard InChI is InChI=1S/C19H30N4O3.2ClH/c1-14-5-6-16(20)13-17(14)19(25)23-10-8-22(9-11-23)15(2)18(24)21-7-4-12-26-3;;/h5-6,13,15H,4,7-12,20H2,1-3H3,(H,21,24);2*1H. The van der Waals surface area contributed by atoms with Crippen LogP contribution in [0.4, 0.5) is 5.69 Å². The second-order valence-electron chi connectivity index (χ2n) is 6.72. The molecule has 160 valence electrons. The molecule has 0 radical (unpaired) electrons. The third-order valence-electron chi connectivity index (χ3n) is 4.85. The molecule has 9 heteroatoms. The zero-order valence-corrected chi connectivity index (χ0v) is 18.4. The molecule has 0 saturated carbocycles. The second kappa shape index (κ2) is 12.8. The summed E-state index contributed by atoms with van der Waals surface area (Å²) in [6.07, 6.45) is 0.802. The van der Waals surface area contributed by atoms with E-state index in [0.717, 1.165) is 12.0 Å². The first-order valence-corrected chi connectivity index (χ1v) is 9.10. The van der Waals surface area contributed by atoms with Gasteiger partial charge in [0.2, 0.25) is 5.91 Å². The van der Waals surface area contributed by atoms with Crippen LogP contribution in [0.1, 0.15) is 29.3 Å². The highest BCUT2D eigenvalue weighted by Crippen LogP contribution is 2.17. The quantitative estimate of drug-likeness (QED) is 0.503. The molecule has 1 atom stereocenters. The lowest BCUT2D eigenvalue weighted by Gasteiger charge is -2.37. The first-order valence-electron chi connectivity index (χ1n) is 9.10. The lowest BCUT2D eigenvalue weighted by Crippen LogP contribution is -2.55. The third-order valence-corrected chi connectivity index (χ3v) is 4.85. The normalized spacial score (nSPS) is 15.2. The Hall–Kier alpha value is -1.54. The molecule has 2 rings (SSSR count). The van der Waals surface area contributed by atoms with Gasteiger partial charge in [0.1, 0.15) is 0 Å². The number of aryl methyl sites for hydroxylation is 1. The maximum absolute atomic E-state index is 12.7. The van der Waals surface area contributed by atoms with Crippen molar-refractivity contribution < 1.29 is 14.3 Å². The number of benzene rings is 1. The van der Waals surface area contributed by atoms with Crippen molar-refractivity contribution in [2.45, 2.75) is 26.3 Å². The van der Waals surface area contributed by atoms with Gasteiger partial charge in [-0.15, -0.1) is 24.8 Å². The number of ether oxygens (including phenoxy) is 1. The largest absolute Gasteiger partial charge is 0.399 e. The van der Waals surface area contributed by atoms with Crippen LogP contribution in [-0.2, 0) is 9.53 Å². The smallest absolute Gasteiger partial charge is 0.254 e. The highest BCUT2D eigenvalue weighted by molar-refractivity contribution is 5.96. The first-order chi connectivity index (χ1) is 12.4. The Morgan fingerprint density at radius 1 is 1.21 bits per heavy atom. The fourth-order valence-electron chi connectivity index (χ4n) is 3.09. The van der Waals surface area contributed by atoms with E-state index in [0.29, 0.717) is 50.6 Å². The van der Waals surface area contributed by atoms with E-state index < -0.39 is 0 Å². The molecule has 0 aromatic heterocycles. The number of nitrogens with one attached hydrogen (secondary N) is 1. The lowest BCUT2D eigenvalue weighted by atomic mass is 10.1. The SMILES string of the molecule is COCCCNC(=O)C(C)N1CCN(C(=O)c2cc(N)ccc2C)CC1.Cl.Cl. The number of piperazine rings is 1. The Labute approximate surface area is 179 Å². The number of halogens is 2. The molecule has 1 aliphatic rings. The van der Waals surface area contributed by atoms with Gasteiger partial charge in [-0.3, -0.25) is 14.5 Å². The summed E-state index contributed by atoms with van der Waals surface area (Å²) in [5, 5.41) is 2.93. The van der Waals surface area contributed by atoms with Crippen LogP contribution in [0.5, 0.6) is 0 Å². The van der Waals surface area contributed by atoms with E-state index in [9.17, 15) is 9.59 Å². The Bertz CT molecular complexity index is 638. The molecule has 0 aliphatic carbocycles. The Kier molecular flexibility index (Phi) is 12.1. The van der Waals surface area contributed by atoms with Crippen molar-refractivity contribution in [2.24, 2.45) is 0 Å². The minimum Gasteiger partial charge on any atom is -0.399 e. The number of methoxy groups -OCH3 is 1. The zero-order valence-electron chi connectivity index (χ0n) is 16.8. The van der Waals surface area contributed by atoms with Crippen LogP contribution in [0.25, 0.3) is 0 Å². The van der Waals surface area contributed by atoms with E-state index in [1.54, 1.807) is 19.2 Å². The number of carbonyl (C=O) groups is 2. The van der Waals surface area contributed by atoms with Crippen molar-refractivity contribution in [3.8, 4) is 0 Å². The summed E-state index contributed by atoms with van der Waals surface area (Å²) < 4.78 is 4.98. The number of rotatable bonds is 7. The molecule has 1 aromatic rings. The van der Waals surface area contributed by atoms with Gasteiger partial charge in [-0.1, -0.05) is 6.07 Å². The van der Waals surface area contributed by atoms with Crippen molar-refractivity contribution in [1.82, 2.24) is 15.1 Å². The van der Waals surface area contributed by atoms with Gasteiger partial charge in [0.25, 0.3) is 5.91 Å². The third kappa shape index (κ3) is 7.13. The average Bonchev–Trinajstić information content (AvgIpc) is 2.66. The van der Waals surface area contributed by atoms with Crippen molar-refractivity contribution in [3.63, 3.8) is 0 Å². The van der Waals surface area contributed by atoms with Gasteiger partial charge in [-0.2, -0.15) is 0 Å². The van der Waals surface area contributed by atoms with Crippen LogP contribution < -0.4 is 11.1 Å². The molecule has 1 saturated heterocycles. The Balaban J connectivity index is 0.00000364. The zero-order chi connectivity index (χ0) is 19.1. The number of nitrogens with two attached hydrogens (primary N) is 1. The summed E-state index contributed by atoms with van der Waals surface area (Å²) in [6, 6.07) is 5.20. The lowest BCUT2D eigenvalue weighted by molar-refractivity contribution is -0.126. The van der Waals surface area contributed by atoms with Crippen LogP contribution >= 0.6 is 24.8 Å². The predicted octanol–water partition coefficient (Wildman–Crippen LogP) is 1.72. The molecule has 28 heavy (non-hydrogen) atoms. The van der Waals surface area contributed by atoms with E-state index >= 15 is 0 Å². The van der Waals surface area contributed by atoms with Gasteiger partial charge < -0.3 is 20.7 Å². The number of hydrogen-bond acceptors (Lipinski definition) is 5. The molecule has 1 aromatic carbocycles. The molecule has 1 heterocycles. The van der Waals surface area contributed by atoms with Gasteiger partial charge >= 0.3 is 0 Å². The van der Waals surface area contributed by atoms with Crippen molar-refractivity contribution in [3.05, 3.63) is 29.3 Å². The van der Waals surface area contributed by atoms with Gasteiger partial charge in [-0.05, 0) is 38.0 Å². The van der Waals surface area contributed by atoms with Gasteiger partial charge in [0.05, 0.1) is 6.04 Å². The molecule has 1 aliphatic heterocycles. The topological polar surface area (TPSA) is 87.9 Å². The highest BCUT2D eigenvalue weighted by Gasteiger charge is 2.28. The monoisotopic (exact) mass is 434 g/mol. The van der Waals surface area contributed by atoms with Crippen molar-refractivity contribution >= 4 is 42.3 Å². The molecule has 0 spiro atoms. The molecule has 1 unspecified atom stereocenters. The fourth-order valence-corrected chi connectivity index (χ4v) is 3.09. The van der Waals surface area contributed by atoms with Gasteiger partial charge in [0.15, 0.2) is 0 Å². The molecule has 3 N–H and O–H groups in total. The highest BCUT2D eigenvalue weighted by atomic mass is 35.5. The van der Waals surface area contributed by atoms with Crippen LogP contribution in [0, 0.1) is 6.92 Å². The molecule has 7 nitrogen and oxygen atoms in total. The van der Waals surface area contributed by atoms with Gasteiger partial charge in [0, 0.05) is 57.7 Å². The van der Waals surface area contributed by atoms with Crippen LogP contribution in [0.15, 0.2) is 18.2 Å². The molecule has 0 bridgehead atoms. The van der Waals surface area contributed by atoms with Crippen molar-refractivity contribution in [2.75, 3.05) is 52.2 Å². The number of nitrogens with zero attached hydrogens (tertiary/aromatic N) is 2. The summed E-state index contributed by atoms with van der Waals surface area (Å²) >= 11 is 0. The van der Waals surface area contributed by atoms with Gasteiger partial charge in [-0.25, -0.2) is 0 Å². The van der Waals surface area contributed by atoms with E-state index in [4.69, 9.17) is 10.5 Å². The summed E-state index contributed by atoms with van der Waals surface area (Å²) in [4.78, 5) is 28.9. The molecular weight excluding hydrogens is 403 g/mol. The van der Waals surface area contributed by atoms with E-state index in [1.807, 2.05) is 24.8 Å². The molecule has 1 fully saturated rings. The number of carbonyl (C=O) groups excluding carboxylic acids is 2. The Morgan fingerprint density at radius 3 is 2.46 bits per heavy atom. The minimum atomic E-state index is -0.205. The first kappa shape index (κ1) is 26.5. The summed E-state index contributed by atoms with van der Waals surface area (Å²) in [7, 11) is 1.65. The van der Waals surface area contributed by atoms with Crippen molar-refractivity contribution in [1.29, 1.82) is 0 Å². The van der Waals surface area contributed by atoms with Crippen LogP contribution in [0.2, 0.25) is 0 Å². The van der Waals surface area contributed by atoms with Crippen LogP contribution in [-0.4, -0.2) is 74.1 Å². The van der Waals surface area contributed by atoms with E-state index in [2.05, 4.69) is 10.2 Å². The van der Waals surface area contributed by atoms with E-state index in [-0.39, 0.29) is 42.7 Å². The number of nitrogen functional groups attached to an aromatic ring is 1. The average molecular weight is 435 g/mol. The Morgan fingerprint density at radius 2 is 1.86 bits per heavy atom. The second-order valence-corrected chi connectivity index (χ2v) is 6.72. The maximum Gasteiger partial charge on any atom is 0.254 e. The maximum atomic E-state index is 12.7. The summed E-state index contributed by atoms with van der Waals surface area (Å²) in [5.41, 5.74) is 7.99. The summed E-state index contributed by atoms with van der Waals surface area (Å²) in [6.45, 7) is 7.65. The number of amides is 2. The number of anilines is 1. The van der Waals surface area contributed by atoms with E-state index in [1.165, 1.54) is 0 Å². The predicted molar refractivity (Wildman–Crippen MR) is 117 cm³/mol. The molecular formula is C19H32Cl2N4O3. The fraction of sp³-hybridized carbons (Fsp3) is 0.579. The minimum absolute atomic E-state index is 0. The molecule has 2 amide bonds.